The Hall–Kier alpha value is -3.90. The topological polar surface area (TPSA) is 67.0 Å². The Bertz CT molecular complexity index is 1410. The SMILES string of the molecule is Cc1ccc(OCc2nc(CC(=O)NCC(c3ccccc3)c3c[nH]c4ccccc34)cs2)cc1. The van der Waals surface area contributed by atoms with Crippen LogP contribution in [-0.4, -0.2) is 22.4 Å². The second kappa shape index (κ2) is 10.6. The van der Waals surface area contributed by atoms with Crippen LogP contribution in [0.4, 0.5) is 0 Å². The lowest BCUT2D eigenvalue weighted by atomic mass is 9.91. The molecule has 0 saturated carbocycles. The summed E-state index contributed by atoms with van der Waals surface area (Å²) in [7, 11) is 0. The van der Waals surface area contributed by atoms with Crippen LogP contribution < -0.4 is 10.1 Å². The summed E-state index contributed by atoms with van der Waals surface area (Å²) < 4.78 is 5.81. The van der Waals surface area contributed by atoms with Crippen molar-refractivity contribution in [3.63, 3.8) is 0 Å². The van der Waals surface area contributed by atoms with Gasteiger partial charge in [-0.2, -0.15) is 0 Å². The summed E-state index contributed by atoms with van der Waals surface area (Å²) in [5.41, 5.74) is 5.40. The molecule has 0 aliphatic rings. The van der Waals surface area contributed by atoms with E-state index >= 15 is 0 Å². The molecule has 0 spiro atoms. The zero-order valence-corrected chi connectivity index (χ0v) is 20.3. The molecule has 6 heteroatoms. The third-order valence-corrected chi connectivity index (χ3v) is 6.90. The van der Waals surface area contributed by atoms with Crippen LogP contribution in [0.5, 0.6) is 5.75 Å². The first-order valence-electron chi connectivity index (χ1n) is 11.7. The molecule has 1 unspecified atom stereocenters. The molecule has 0 aliphatic carbocycles. The smallest absolute Gasteiger partial charge is 0.226 e. The van der Waals surface area contributed by atoms with Crippen molar-refractivity contribution in [3.8, 4) is 5.75 Å². The van der Waals surface area contributed by atoms with Crippen molar-refractivity contribution in [2.24, 2.45) is 0 Å². The van der Waals surface area contributed by atoms with Gasteiger partial charge in [-0.05, 0) is 36.2 Å². The minimum atomic E-state index is -0.0397. The van der Waals surface area contributed by atoms with Crippen molar-refractivity contribution < 1.29 is 9.53 Å². The average molecular weight is 482 g/mol. The molecule has 1 atom stereocenters. The predicted molar refractivity (Wildman–Crippen MR) is 141 cm³/mol. The number of fused-ring (bicyclic) bond motifs is 1. The minimum absolute atomic E-state index is 0.0397. The lowest BCUT2D eigenvalue weighted by Gasteiger charge is -2.18. The van der Waals surface area contributed by atoms with E-state index in [-0.39, 0.29) is 18.2 Å². The van der Waals surface area contributed by atoms with Crippen LogP contribution in [-0.2, 0) is 17.8 Å². The lowest BCUT2D eigenvalue weighted by molar-refractivity contribution is -0.120. The Balaban J connectivity index is 1.22. The summed E-state index contributed by atoms with van der Waals surface area (Å²) in [5.74, 6) is 0.821. The van der Waals surface area contributed by atoms with Gasteiger partial charge in [0.2, 0.25) is 5.91 Å². The van der Waals surface area contributed by atoms with Crippen molar-refractivity contribution >= 4 is 28.1 Å². The standard InChI is InChI=1S/C29H27N3O2S/c1-20-11-13-23(14-12-20)34-18-29-32-22(19-35-29)15-28(33)31-16-25(21-7-3-2-4-8-21)26-17-30-27-10-6-5-9-24(26)27/h2-14,17,19,25,30H,15-16,18H2,1H3,(H,31,33). The average Bonchev–Trinajstić information content (AvgIpc) is 3.52. The molecule has 176 valence electrons. The van der Waals surface area contributed by atoms with Crippen molar-refractivity contribution in [1.82, 2.24) is 15.3 Å². The first kappa shape index (κ1) is 22.9. The fourth-order valence-corrected chi connectivity index (χ4v) is 4.90. The summed E-state index contributed by atoms with van der Waals surface area (Å²) >= 11 is 1.51. The van der Waals surface area contributed by atoms with Gasteiger partial charge in [-0.15, -0.1) is 11.3 Å². The van der Waals surface area contributed by atoms with Gasteiger partial charge in [-0.3, -0.25) is 4.79 Å². The maximum absolute atomic E-state index is 12.8. The van der Waals surface area contributed by atoms with Crippen molar-refractivity contribution in [3.05, 3.63) is 118 Å². The van der Waals surface area contributed by atoms with E-state index in [9.17, 15) is 4.79 Å². The molecule has 5 aromatic rings. The number of carbonyl (C=O) groups excluding carboxylic acids is 1. The molecule has 0 saturated heterocycles. The molecule has 2 heterocycles. The Morgan fingerprint density at radius 1 is 1.03 bits per heavy atom. The van der Waals surface area contributed by atoms with Gasteiger partial charge in [-0.25, -0.2) is 4.98 Å². The second-order valence-corrected chi connectivity index (χ2v) is 9.51. The van der Waals surface area contributed by atoms with E-state index < -0.39 is 0 Å². The van der Waals surface area contributed by atoms with E-state index in [0.717, 1.165) is 22.0 Å². The van der Waals surface area contributed by atoms with E-state index in [1.165, 1.54) is 33.4 Å². The van der Waals surface area contributed by atoms with Gasteiger partial charge in [0.15, 0.2) is 0 Å². The Morgan fingerprint density at radius 2 is 1.80 bits per heavy atom. The second-order valence-electron chi connectivity index (χ2n) is 8.57. The first-order valence-corrected chi connectivity index (χ1v) is 12.5. The predicted octanol–water partition coefficient (Wildman–Crippen LogP) is 6.00. The van der Waals surface area contributed by atoms with E-state index in [1.54, 1.807) is 0 Å². The number of ether oxygens (including phenoxy) is 1. The maximum Gasteiger partial charge on any atom is 0.226 e. The number of aromatic nitrogens is 2. The van der Waals surface area contributed by atoms with Gasteiger partial charge >= 0.3 is 0 Å². The van der Waals surface area contributed by atoms with Gasteiger partial charge in [0.25, 0.3) is 0 Å². The van der Waals surface area contributed by atoms with Gasteiger partial charge < -0.3 is 15.0 Å². The quantitative estimate of drug-likeness (QED) is 0.271. The molecule has 35 heavy (non-hydrogen) atoms. The third kappa shape index (κ3) is 5.61. The van der Waals surface area contributed by atoms with E-state index in [2.05, 4.69) is 45.7 Å². The highest BCUT2D eigenvalue weighted by Crippen LogP contribution is 2.30. The van der Waals surface area contributed by atoms with Crippen molar-refractivity contribution in [2.75, 3.05) is 6.54 Å². The monoisotopic (exact) mass is 481 g/mol. The van der Waals surface area contributed by atoms with Crippen LogP contribution in [0.1, 0.15) is 33.3 Å². The number of rotatable bonds is 9. The number of carbonyl (C=O) groups is 1. The highest BCUT2D eigenvalue weighted by Gasteiger charge is 2.19. The van der Waals surface area contributed by atoms with Crippen molar-refractivity contribution in [1.29, 1.82) is 0 Å². The molecule has 5 rings (SSSR count). The number of aromatic amines is 1. The third-order valence-electron chi connectivity index (χ3n) is 6.03. The molecule has 2 aromatic heterocycles. The Morgan fingerprint density at radius 3 is 2.63 bits per heavy atom. The van der Waals surface area contributed by atoms with E-state index in [4.69, 9.17) is 4.74 Å². The van der Waals surface area contributed by atoms with Crippen LogP contribution in [0.25, 0.3) is 10.9 Å². The zero-order chi connectivity index (χ0) is 24.0. The molecule has 1 amide bonds. The van der Waals surface area contributed by atoms with Crippen LogP contribution in [0.2, 0.25) is 0 Å². The molecular formula is C29H27N3O2S. The summed E-state index contributed by atoms with van der Waals surface area (Å²) in [6.07, 6.45) is 2.30. The number of benzene rings is 3. The lowest BCUT2D eigenvalue weighted by Crippen LogP contribution is -2.30. The highest BCUT2D eigenvalue weighted by molar-refractivity contribution is 7.09. The van der Waals surface area contributed by atoms with Crippen LogP contribution in [0.15, 0.2) is 90.4 Å². The number of thiazole rings is 1. The molecule has 3 aromatic carbocycles. The van der Waals surface area contributed by atoms with Gasteiger partial charge in [0, 0.05) is 34.9 Å². The molecule has 0 bridgehead atoms. The number of H-pyrrole nitrogens is 1. The number of nitrogens with one attached hydrogen (secondary N) is 2. The number of amides is 1. The van der Waals surface area contributed by atoms with E-state index in [1.807, 2.05) is 66.9 Å². The maximum atomic E-state index is 12.8. The minimum Gasteiger partial charge on any atom is -0.486 e. The van der Waals surface area contributed by atoms with Gasteiger partial charge in [0.05, 0.1) is 12.1 Å². The molecule has 0 radical (unpaired) electrons. The normalized spacial score (nSPS) is 11.9. The van der Waals surface area contributed by atoms with Crippen LogP contribution in [0, 0.1) is 6.92 Å². The summed E-state index contributed by atoms with van der Waals surface area (Å²) in [6, 6.07) is 26.5. The first-order chi connectivity index (χ1) is 17.2. The Labute approximate surface area is 208 Å². The van der Waals surface area contributed by atoms with Crippen LogP contribution >= 0.6 is 11.3 Å². The van der Waals surface area contributed by atoms with E-state index in [0.29, 0.717) is 13.2 Å². The Kier molecular flexibility index (Phi) is 6.91. The van der Waals surface area contributed by atoms with Crippen LogP contribution in [0.3, 0.4) is 0 Å². The molecule has 2 N–H and O–H groups in total. The molecule has 0 aliphatic heterocycles. The highest BCUT2D eigenvalue weighted by atomic mass is 32.1. The summed E-state index contributed by atoms with van der Waals surface area (Å²) in [6.45, 7) is 2.95. The molecular weight excluding hydrogens is 454 g/mol. The molecule has 0 fully saturated rings. The fraction of sp³-hybridized carbons (Fsp3) is 0.172. The zero-order valence-electron chi connectivity index (χ0n) is 19.5. The number of para-hydroxylation sites is 1. The van der Waals surface area contributed by atoms with Gasteiger partial charge in [-0.1, -0.05) is 66.2 Å². The molecule has 5 nitrogen and oxygen atoms in total. The largest absolute Gasteiger partial charge is 0.486 e. The number of nitrogens with zero attached hydrogens (tertiary/aromatic N) is 1. The van der Waals surface area contributed by atoms with Crippen molar-refractivity contribution in [2.45, 2.75) is 25.9 Å². The summed E-state index contributed by atoms with van der Waals surface area (Å²) in [5, 5.41) is 7.10. The van der Waals surface area contributed by atoms with Gasteiger partial charge in [0.1, 0.15) is 17.4 Å². The number of aryl methyl sites for hydroxylation is 1. The number of hydrogen-bond acceptors (Lipinski definition) is 4. The summed E-state index contributed by atoms with van der Waals surface area (Å²) in [4.78, 5) is 20.8. The fourth-order valence-electron chi connectivity index (χ4n) is 4.19. The number of hydrogen-bond donors (Lipinski definition) is 2.